The number of sulfone groups is 1. The lowest BCUT2D eigenvalue weighted by atomic mass is 10.2. The van der Waals surface area contributed by atoms with E-state index in [0.717, 1.165) is 0 Å². The van der Waals surface area contributed by atoms with Gasteiger partial charge in [0.1, 0.15) is 0 Å². The molecular formula is C10H15NO2S. The molecule has 4 heteroatoms. The molecule has 0 saturated heterocycles. The molecule has 0 aliphatic carbocycles. The Bertz CT molecular complexity index is 424. The van der Waals surface area contributed by atoms with Crippen molar-refractivity contribution in [3.8, 4) is 0 Å². The molecule has 0 aromatic heterocycles. The van der Waals surface area contributed by atoms with E-state index < -0.39 is 9.84 Å². The molecule has 0 aliphatic heterocycles. The van der Waals surface area contributed by atoms with E-state index in [1.165, 1.54) is 0 Å². The summed E-state index contributed by atoms with van der Waals surface area (Å²) in [5.74, 6) is 0.178. The van der Waals surface area contributed by atoms with E-state index in [1.807, 2.05) is 6.92 Å². The van der Waals surface area contributed by atoms with E-state index >= 15 is 0 Å². The summed E-state index contributed by atoms with van der Waals surface area (Å²) in [4.78, 5) is 0.361. The topological polar surface area (TPSA) is 60.2 Å². The van der Waals surface area contributed by atoms with Crippen molar-refractivity contribution in [1.29, 1.82) is 0 Å². The number of anilines is 1. The first-order valence-electron chi connectivity index (χ1n) is 4.57. The zero-order chi connectivity index (χ0) is 10.8. The molecule has 0 unspecified atom stereocenters. The molecule has 0 heterocycles. The van der Waals surface area contributed by atoms with Gasteiger partial charge in [0.2, 0.25) is 0 Å². The van der Waals surface area contributed by atoms with Crippen molar-refractivity contribution in [2.75, 3.05) is 11.5 Å². The monoisotopic (exact) mass is 213 g/mol. The Morgan fingerprint density at radius 2 is 2.00 bits per heavy atom. The van der Waals surface area contributed by atoms with E-state index in [0.29, 0.717) is 22.6 Å². The number of hydrogen-bond acceptors (Lipinski definition) is 3. The van der Waals surface area contributed by atoms with Gasteiger partial charge in [0.25, 0.3) is 0 Å². The van der Waals surface area contributed by atoms with Crippen molar-refractivity contribution in [3.63, 3.8) is 0 Å². The molecule has 0 fully saturated rings. The van der Waals surface area contributed by atoms with Crippen molar-refractivity contribution in [2.45, 2.75) is 25.2 Å². The Balaban J connectivity index is 3.27. The second kappa shape index (κ2) is 4.00. The lowest BCUT2D eigenvalue weighted by Gasteiger charge is -2.08. The summed E-state index contributed by atoms with van der Waals surface area (Å²) in [5.41, 5.74) is 6.83. The molecule has 0 spiro atoms. The molecule has 1 aromatic rings. The van der Waals surface area contributed by atoms with Crippen LogP contribution in [0.15, 0.2) is 23.1 Å². The summed E-state index contributed by atoms with van der Waals surface area (Å²) in [6.45, 7) is 3.58. The molecule has 0 amide bonds. The van der Waals surface area contributed by atoms with Gasteiger partial charge in [-0.25, -0.2) is 8.42 Å². The average Bonchev–Trinajstić information content (AvgIpc) is 2.09. The minimum atomic E-state index is -3.14. The second-order valence-corrected chi connectivity index (χ2v) is 5.37. The fraction of sp³-hybridized carbons (Fsp3) is 0.400. The van der Waals surface area contributed by atoms with Gasteiger partial charge in [0.15, 0.2) is 9.84 Å². The van der Waals surface area contributed by atoms with Gasteiger partial charge >= 0.3 is 0 Å². The normalized spacial score (nSPS) is 11.6. The first-order chi connectivity index (χ1) is 6.49. The standard InChI is InChI=1S/C10H15NO2S/c1-3-7-14(12,13)10-6-4-5-9(11)8(10)2/h4-6H,3,7,11H2,1-2H3. The second-order valence-electron chi connectivity index (χ2n) is 3.29. The molecule has 3 nitrogen and oxygen atoms in total. The zero-order valence-electron chi connectivity index (χ0n) is 8.45. The number of nitrogen functional groups attached to an aromatic ring is 1. The maximum absolute atomic E-state index is 11.7. The van der Waals surface area contributed by atoms with Crippen LogP contribution in [-0.4, -0.2) is 14.2 Å². The lowest BCUT2D eigenvalue weighted by Crippen LogP contribution is -2.08. The first-order valence-corrected chi connectivity index (χ1v) is 6.22. The molecule has 2 N–H and O–H groups in total. The fourth-order valence-corrected chi connectivity index (χ4v) is 2.97. The van der Waals surface area contributed by atoms with Crippen LogP contribution in [0.5, 0.6) is 0 Å². The maximum atomic E-state index is 11.7. The molecule has 0 radical (unpaired) electrons. The number of rotatable bonds is 3. The molecule has 78 valence electrons. The molecule has 0 bridgehead atoms. The van der Waals surface area contributed by atoms with E-state index in [1.54, 1.807) is 25.1 Å². The van der Waals surface area contributed by atoms with Crippen LogP contribution in [0.4, 0.5) is 5.69 Å². The largest absolute Gasteiger partial charge is 0.398 e. The van der Waals surface area contributed by atoms with Gasteiger partial charge in [-0.3, -0.25) is 0 Å². The van der Waals surface area contributed by atoms with Crippen molar-refractivity contribution >= 4 is 15.5 Å². The molecule has 14 heavy (non-hydrogen) atoms. The first kappa shape index (κ1) is 11.0. The van der Waals surface area contributed by atoms with E-state index in [9.17, 15) is 8.42 Å². The van der Waals surface area contributed by atoms with E-state index in [2.05, 4.69) is 0 Å². The van der Waals surface area contributed by atoms with Crippen LogP contribution in [0.25, 0.3) is 0 Å². The quantitative estimate of drug-likeness (QED) is 0.778. The van der Waals surface area contributed by atoms with Crippen molar-refractivity contribution < 1.29 is 8.42 Å². The van der Waals surface area contributed by atoms with Crippen molar-refractivity contribution in [2.24, 2.45) is 0 Å². The third kappa shape index (κ3) is 2.07. The SMILES string of the molecule is CCCS(=O)(=O)c1cccc(N)c1C. The Morgan fingerprint density at radius 1 is 1.36 bits per heavy atom. The third-order valence-corrected chi connectivity index (χ3v) is 4.19. The van der Waals surface area contributed by atoms with Gasteiger partial charge in [-0.2, -0.15) is 0 Å². The average molecular weight is 213 g/mol. The predicted molar refractivity (Wildman–Crippen MR) is 57.9 cm³/mol. The molecule has 1 aromatic carbocycles. The van der Waals surface area contributed by atoms with Crippen LogP contribution in [0.2, 0.25) is 0 Å². The van der Waals surface area contributed by atoms with Crippen LogP contribution < -0.4 is 5.73 Å². The van der Waals surface area contributed by atoms with E-state index in [-0.39, 0.29) is 5.75 Å². The van der Waals surface area contributed by atoms with Crippen molar-refractivity contribution in [1.82, 2.24) is 0 Å². The highest BCUT2D eigenvalue weighted by Crippen LogP contribution is 2.21. The van der Waals surface area contributed by atoms with Crippen LogP contribution in [-0.2, 0) is 9.84 Å². The summed E-state index contributed by atoms with van der Waals surface area (Å²) in [5, 5.41) is 0. The van der Waals surface area contributed by atoms with Gasteiger partial charge in [-0.15, -0.1) is 0 Å². The molecule has 0 saturated carbocycles. The molecule has 1 rings (SSSR count). The summed E-state index contributed by atoms with van der Waals surface area (Å²) < 4.78 is 23.5. The summed E-state index contributed by atoms with van der Waals surface area (Å²) in [7, 11) is -3.14. The van der Waals surface area contributed by atoms with Gasteiger partial charge in [0, 0.05) is 5.69 Å². The number of hydrogen-bond donors (Lipinski definition) is 1. The summed E-state index contributed by atoms with van der Waals surface area (Å²) in [6, 6.07) is 4.99. The maximum Gasteiger partial charge on any atom is 0.178 e. The van der Waals surface area contributed by atoms with Gasteiger partial charge in [-0.1, -0.05) is 13.0 Å². The molecule has 0 atom stereocenters. The smallest absolute Gasteiger partial charge is 0.178 e. The predicted octanol–water partition coefficient (Wildman–Crippen LogP) is 1.76. The van der Waals surface area contributed by atoms with Crippen LogP contribution in [0.3, 0.4) is 0 Å². The van der Waals surface area contributed by atoms with Crippen LogP contribution in [0, 0.1) is 6.92 Å². The summed E-state index contributed by atoms with van der Waals surface area (Å²) in [6.07, 6.45) is 0.622. The zero-order valence-corrected chi connectivity index (χ0v) is 9.26. The highest BCUT2D eigenvalue weighted by Gasteiger charge is 2.16. The van der Waals surface area contributed by atoms with Gasteiger partial charge in [-0.05, 0) is 31.0 Å². The number of nitrogens with two attached hydrogens (primary N) is 1. The Labute approximate surface area is 84.9 Å². The van der Waals surface area contributed by atoms with Crippen LogP contribution in [0.1, 0.15) is 18.9 Å². The molecular weight excluding hydrogens is 198 g/mol. The molecule has 0 aliphatic rings. The lowest BCUT2D eigenvalue weighted by molar-refractivity contribution is 0.594. The summed E-state index contributed by atoms with van der Waals surface area (Å²) >= 11 is 0. The van der Waals surface area contributed by atoms with Gasteiger partial charge < -0.3 is 5.73 Å². The Kier molecular flexibility index (Phi) is 3.16. The minimum Gasteiger partial charge on any atom is -0.398 e. The van der Waals surface area contributed by atoms with Crippen molar-refractivity contribution in [3.05, 3.63) is 23.8 Å². The Morgan fingerprint density at radius 3 is 2.57 bits per heavy atom. The minimum absolute atomic E-state index is 0.178. The van der Waals surface area contributed by atoms with Gasteiger partial charge in [0.05, 0.1) is 10.6 Å². The van der Waals surface area contributed by atoms with E-state index in [4.69, 9.17) is 5.73 Å². The third-order valence-electron chi connectivity index (χ3n) is 2.13. The fourth-order valence-electron chi connectivity index (χ4n) is 1.35. The highest BCUT2D eigenvalue weighted by molar-refractivity contribution is 7.91. The highest BCUT2D eigenvalue weighted by atomic mass is 32.2. The Hall–Kier alpha value is -1.03. The van der Waals surface area contributed by atoms with Crippen LogP contribution >= 0.6 is 0 Å². The number of benzene rings is 1.